The molecule has 2 aromatic rings. The molecule has 0 spiro atoms. The van der Waals surface area contributed by atoms with Gasteiger partial charge >= 0.3 is 0 Å². The summed E-state index contributed by atoms with van der Waals surface area (Å²) in [5, 5.41) is 9.17. The molecular weight excluding hydrogens is 266 g/mol. The van der Waals surface area contributed by atoms with E-state index in [1.165, 1.54) is 0 Å². The lowest BCUT2D eigenvalue weighted by atomic mass is 10.1. The van der Waals surface area contributed by atoms with E-state index in [9.17, 15) is 0 Å². The van der Waals surface area contributed by atoms with E-state index in [-0.39, 0.29) is 17.3 Å². The Kier molecular flexibility index (Phi) is 4.49. The predicted molar refractivity (Wildman–Crippen MR) is 80.9 cm³/mol. The molecule has 21 heavy (non-hydrogen) atoms. The highest BCUT2D eigenvalue weighted by Gasteiger charge is 2.12. The molecule has 1 aromatic heterocycles. The molecule has 6 nitrogen and oxygen atoms in total. The summed E-state index contributed by atoms with van der Waals surface area (Å²) < 4.78 is 5.36. The van der Waals surface area contributed by atoms with Crippen LogP contribution in [0.4, 0.5) is 11.8 Å². The first-order chi connectivity index (χ1) is 10.2. The Hall–Kier alpha value is -2.91. The van der Waals surface area contributed by atoms with Crippen molar-refractivity contribution in [1.29, 1.82) is 5.26 Å². The number of ether oxygens (including phenoxy) is 1. The second-order valence-corrected chi connectivity index (χ2v) is 4.30. The van der Waals surface area contributed by atoms with E-state index in [0.29, 0.717) is 18.9 Å². The molecule has 0 aliphatic rings. The number of nitriles is 1. The number of rotatable bonds is 5. The van der Waals surface area contributed by atoms with Gasteiger partial charge in [-0.1, -0.05) is 30.3 Å². The van der Waals surface area contributed by atoms with Gasteiger partial charge in [-0.3, -0.25) is 0 Å². The van der Waals surface area contributed by atoms with Crippen LogP contribution in [0.15, 0.2) is 36.9 Å². The van der Waals surface area contributed by atoms with Crippen LogP contribution in [0.5, 0.6) is 0 Å². The first-order valence-corrected chi connectivity index (χ1v) is 6.26. The van der Waals surface area contributed by atoms with Gasteiger partial charge in [0.25, 0.3) is 0 Å². The summed E-state index contributed by atoms with van der Waals surface area (Å²) in [6.45, 7) is 4.58. The van der Waals surface area contributed by atoms with Crippen molar-refractivity contribution in [3.05, 3.63) is 48.0 Å². The zero-order chi connectivity index (χ0) is 15.2. The molecule has 0 fully saturated rings. The quantitative estimate of drug-likeness (QED) is 0.639. The summed E-state index contributed by atoms with van der Waals surface area (Å²) >= 11 is 0. The Bertz CT molecular complexity index is 688. The SMILES string of the molecule is C=CCOCc1ccc(-c2nc(N)nc(N)c2C#N)cc1. The van der Waals surface area contributed by atoms with E-state index in [2.05, 4.69) is 16.5 Å². The van der Waals surface area contributed by atoms with Crippen molar-refractivity contribution < 1.29 is 4.74 Å². The molecule has 0 aliphatic heterocycles. The van der Waals surface area contributed by atoms with Gasteiger partial charge in [-0.15, -0.1) is 6.58 Å². The van der Waals surface area contributed by atoms with Crippen LogP contribution in [-0.4, -0.2) is 16.6 Å². The van der Waals surface area contributed by atoms with Gasteiger partial charge in [-0.25, -0.2) is 4.98 Å². The maximum Gasteiger partial charge on any atom is 0.222 e. The van der Waals surface area contributed by atoms with E-state index in [1.807, 2.05) is 30.3 Å². The predicted octanol–water partition coefficient (Wildman–Crippen LogP) is 1.88. The van der Waals surface area contributed by atoms with Crippen molar-refractivity contribution in [2.75, 3.05) is 18.1 Å². The third-order valence-corrected chi connectivity index (χ3v) is 2.80. The van der Waals surface area contributed by atoms with Crippen molar-refractivity contribution in [3.63, 3.8) is 0 Å². The minimum atomic E-state index is 0.0416. The number of nitrogens with zero attached hydrogens (tertiary/aromatic N) is 3. The largest absolute Gasteiger partial charge is 0.382 e. The van der Waals surface area contributed by atoms with Gasteiger partial charge in [-0.05, 0) is 5.56 Å². The molecule has 106 valence electrons. The van der Waals surface area contributed by atoms with Gasteiger partial charge in [0.05, 0.1) is 18.9 Å². The maximum atomic E-state index is 9.17. The standard InChI is InChI=1S/C15H15N5O/c1-2-7-21-9-10-3-5-11(6-4-10)13-12(8-16)14(17)20-15(18)19-13/h2-6H,1,7,9H2,(H4,17,18,19,20). The fourth-order valence-corrected chi connectivity index (χ4v) is 1.83. The number of aromatic nitrogens is 2. The highest BCUT2D eigenvalue weighted by atomic mass is 16.5. The fourth-order valence-electron chi connectivity index (χ4n) is 1.83. The summed E-state index contributed by atoms with van der Waals surface area (Å²) in [6.07, 6.45) is 1.69. The number of anilines is 2. The lowest BCUT2D eigenvalue weighted by Gasteiger charge is -2.08. The number of hydrogen-bond donors (Lipinski definition) is 2. The lowest BCUT2D eigenvalue weighted by Crippen LogP contribution is -2.05. The van der Waals surface area contributed by atoms with Crippen LogP contribution in [-0.2, 0) is 11.3 Å². The highest BCUT2D eigenvalue weighted by Crippen LogP contribution is 2.25. The summed E-state index contributed by atoms with van der Waals surface area (Å²) in [6, 6.07) is 9.48. The molecule has 0 radical (unpaired) electrons. The maximum absolute atomic E-state index is 9.17. The van der Waals surface area contributed by atoms with Gasteiger partial charge < -0.3 is 16.2 Å². The molecule has 0 saturated carbocycles. The van der Waals surface area contributed by atoms with E-state index in [1.54, 1.807) is 6.08 Å². The summed E-state index contributed by atoms with van der Waals surface area (Å²) in [5.74, 6) is 0.123. The summed E-state index contributed by atoms with van der Waals surface area (Å²) in [7, 11) is 0. The molecule has 4 N–H and O–H groups in total. The summed E-state index contributed by atoms with van der Waals surface area (Å²) in [5.41, 5.74) is 13.7. The average molecular weight is 281 g/mol. The van der Waals surface area contributed by atoms with E-state index in [4.69, 9.17) is 21.5 Å². The Morgan fingerprint density at radius 2 is 1.95 bits per heavy atom. The van der Waals surface area contributed by atoms with Crippen LogP contribution in [0.2, 0.25) is 0 Å². The van der Waals surface area contributed by atoms with E-state index >= 15 is 0 Å². The van der Waals surface area contributed by atoms with Crippen LogP contribution in [0.1, 0.15) is 11.1 Å². The Morgan fingerprint density at radius 1 is 1.24 bits per heavy atom. The third-order valence-electron chi connectivity index (χ3n) is 2.80. The molecule has 0 unspecified atom stereocenters. The third kappa shape index (κ3) is 3.35. The van der Waals surface area contributed by atoms with Crippen molar-refractivity contribution in [2.24, 2.45) is 0 Å². The zero-order valence-corrected chi connectivity index (χ0v) is 11.4. The van der Waals surface area contributed by atoms with Crippen LogP contribution in [0, 0.1) is 11.3 Å². The van der Waals surface area contributed by atoms with Crippen LogP contribution < -0.4 is 11.5 Å². The fraction of sp³-hybridized carbons (Fsp3) is 0.133. The van der Waals surface area contributed by atoms with Crippen LogP contribution in [0.25, 0.3) is 11.3 Å². The Balaban J connectivity index is 2.31. The second-order valence-electron chi connectivity index (χ2n) is 4.30. The summed E-state index contributed by atoms with van der Waals surface area (Å²) in [4.78, 5) is 7.89. The van der Waals surface area contributed by atoms with Crippen LogP contribution in [0.3, 0.4) is 0 Å². The van der Waals surface area contributed by atoms with Gasteiger partial charge in [0.1, 0.15) is 17.5 Å². The van der Waals surface area contributed by atoms with Crippen LogP contribution >= 0.6 is 0 Å². The molecule has 0 bridgehead atoms. The minimum Gasteiger partial charge on any atom is -0.382 e. The molecule has 6 heteroatoms. The molecular formula is C15H15N5O. The van der Waals surface area contributed by atoms with Gasteiger partial charge in [0.2, 0.25) is 5.95 Å². The van der Waals surface area contributed by atoms with Gasteiger partial charge in [0.15, 0.2) is 0 Å². The first kappa shape index (κ1) is 14.5. The minimum absolute atomic E-state index is 0.0416. The average Bonchev–Trinajstić information content (AvgIpc) is 2.47. The number of benzene rings is 1. The van der Waals surface area contributed by atoms with Crippen molar-refractivity contribution in [1.82, 2.24) is 9.97 Å². The molecule has 2 rings (SSSR count). The normalized spacial score (nSPS) is 10.0. The second kappa shape index (κ2) is 6.50. The monoisotopic (exact) mass is 281 g/mol. The highest BCUT2D eigenvalue weighted by molar-refractivity contribution is 5.73. The van der Waals surface area contributed by atoms with Crippen molar-refractivity contribution in [2.45, 2.75) is 6.61 Å². The molecule has 1 aromatic carbocycles. The topological polar surface area (TPSA) is 111 Å². The van der Waals surface area contributed by atoms with Crippen molar-refractivity contribution >= 4 is 11.8 Å². The molecule has 1 heterocycles. The molecule has 0 saturated heterocycles. The van der Waals surface area contributed by atoms with Gasteiger partial charge in [-0.2, -0.15) is 10.2 Å². The first-order valence-electron chi connectivity index (χ1n) is 6.26. The zero-order valence-electron chi connectivity index (χ0n) is 11.4. The number of nitrogen functional groups attached to an aromatic ring is 2. The van der Waals surface area contributed by atoms with E-state index < -0.39 is 0 Å². The Labute approximate surface area is 122 Å². The molecule has 0 atom stereocenters. The molecule has 0 aliphatic carbocycles. The number of nitrogens with two attached hydrogens (primary N) is 2. The van der Waals surface area contributed by atoms with E-state index in [0.717, 1.165) is 11.1 Å². The van der Waals surface area contributed by atoms with Crippen molar-refractivity contribution in [3.8, 4) is 17.3 Å². The smallest absolute Gasteiger partial charge is 0.222 e. The number of hydrogen-bond acceptors (Lipinski definition) is 6. The lowest BCUT2D eigenvalue weighted by molar-refractivity contribution is 0.149. The molecule has 0 amide bonds. The Morgan fingerprint density at radius 3 is 2.57 bits per heavy atom. The van der Waals surface area contributed by atoms with Gasteiger partial charge in [0, 0.05) is 5.56 Å².